The van der Waals surface area contributed by atoms with E-state index in [2.05, 4.69) is 15.4 Å². The van der Waals surface area contributed by atoms with Crippen molar-refractivity contribution in [2.24, 2.45) is 0 Å². The molecule has 2 saturated heterocycles. The van der Waals surface area contributed by atoms with Gasteiger partial charge in [0.1, 0.15) is 23.8 Å². The third-order valence-electron chi connectivity index (χ3n) is 5.41. The number of urea groups is 1. The van der Waals surface area contributed by atoms with Crippen molar-refractivity contribution in [1.29, 1.82) is 0 Å². The normalized spacial score (nSPS) is 19.4. The average Bonchev–Trinajstić information content (AvgIpc) is 3.32. The summed E-state index contributed by atoms with van der Waals surface area (Å²) in [5, 5.41) is 7.67. The van der Waals surface area contributed by atoms with Gasteiger partial charge in [-0.05, 0) is 30.7 Å². The minimum absolute atomic E-state index is 0.0542. The van der Waals surface area contributed by atoms with Crippen molar-refractivity contribution < 1.29 is 18.0 Å². The van der Waals surface area contributed by atoms with Gasteiger partial charge in [-0.3, -0.25) is 0 Å². The number of anilines is 2. The van der Waals surface area contributed by atoms with Crippen LogP contribution in [0.2, 0.25) is 0 Å². The highest BCUT2D eigenvalue weighted by atomic mass is 19.1. The molecule has 3 aromatic rings. The fraction of sp³-hybridized carbons (Fsp3) is 0.350. The molecule has 2 aliphatic rings. The molecule has 0 radical (unpaired) electrons. The first-order valence-electron chi connectivity index (χ1n) is 9.70. The summed E-state index contributed by atoms with van der Waals surface area (Å²) in [4.78, 5) is 19.8. The molecule has 0 aliphatic carbocycles. The predicted molar refractivity (Wildman–Crippen MR) is 106 cm³/mol. The summed E-state index contributed by atoms with van der Waals surface area (Å²) in [6.45, 7) is 1.06. The Kier molecular flexibility index (Phi) is 4.48. The zero-order chi connectivity index (χ0) is 20.8. The van der Waals surface area contributed by atoms with Gasteiger partial charge in [-0.25, -0.2) is 27.6 Å². The van der Waals surface area contributed by atoms with Crippen molar-refractivity contribution in [3.63, 3.8) is 0 Å². The van der Waals surface area contributed by atoms with Gasteiger partial charge in [0.15, 0.2) is 5.65 Å². The molecule has 2 fully saturated rings. The zero-order valence-electron chi connectivity index (χ0n) is 15.9. The first kappa shape index (κ1) is 18.7. The van der Waals surface area contributed by atoms with Crippen LogP contribution in [0.4, 0.5) is 29.3 Å². The molecular formula is C20H19F3N6O. The Balaban J connectivity index is 1.40. The maximum atomic E-state index is 14.5. The molecule has 30 heavy (non-hydrogen) atoms. The Morgan fingerprint density at radius 3 is 2.70 bits per heavy atom. The number of halogens is 3. The zero-order valence-corrected chi connectivity index (χ0v) is 15.9. The molecule has 2 aromatic heterocycles. The second-order valence-corrected chi connectivity index (χ2v) is 7.61. The summed E-state index contributed by atoms with van der Waals surface area (Å²) in [6, 6.07) is 5.55. The fourth-order valence-electron chi connectivity index (χ4n) is 3.71. The summed E-state index contributed by atoms with van der Waals surface area (Å²) >= 11 is 0. The quantitative estimate of drug-likeness (QED) is 0.712. The van der Waals surface area contributed by atoms with Gasteiger partial charge in [0, 0.05) is 23.8 Å². The van der Waals surface area contributed by atoms with Crippen molar-refractivity contribution >= 4 is 28.4 Å². The van der Waals surface area contributed by atoms with Crippen LogP contribution in [0.15, 0.2) is 36.7 Å². The van der Waals surface area contributed by atoms with E-state index >= 15 is 0 Å². The molecule has 2 aliphatic heterocycles. The van der Waals surface area contributed by atoms with Crippen molar-refractivity contribution in [2.75, 3.05) is 36.4 Å². The first-order chi connectivity index (χ1) is 14.5. The van der Waals surface area contributed by atoms with E-state index < -0.39 is 24.2 Å². The molecule has 0 saturated carbocycles. The van der Waals surface area contributed by atoms with Gasteiger partial charge in [-0.1, -0.05) is 0 Å². The molecule has 156 valence electrons. The highest BCUT2D eigenvalue weighted by Crippen LogP contribution is 2.26. The Morgan fingerprint density at radius 1 is 1.13 bits per heavy atom. The number of alkyl halides is 2. The number of nitrogens with zero attached hydrogens (tertiary/aromatic N) is 5. The molecule has 1 N–H and O–H groups in total. The van der Waals surface area contributed by atoms with Crippen LogP contribution in [-0.2, 0) is 0 Å². The highest BCUT2D eigenvalue weighted by molar-refractivity contribution is 5.90. The van der Waals surface area contributed by atoms with Gasteiger partial charge >= 0.3 is 6.03 Å². The van der Waals surface area contributed by atoms with E-state index in [0.29, 0.717) is 42.8 Å². The minimum atomic E-state index is -1.01. The SMILES string of the molecule is O=C(Nc1ccc(F)c(-n2cc3cc(N4CC(F)C4)cnc3n2)c1)N1CC[C@@H](F)C1. The number of likely N-dealkylation sites (tertiary alicyclic amines) is 1. The number of carbonyl (C=O) groups excluding carboxylic acids is 1. The summed E-state index contributed by atoms with van der Waals surface area (Å²) in [7, 11) is 0. The predicted octanol–water partition coefficient (Wildman–Crippen LogP) is 3.29. The number of rotatable bonds is 3. The number of amides is 2. The third-order valence-corrected chi connectivity index (χ3v) is 5.41. The summed E-state index contributed by atoms with van der Waals surface area (Å²) in [6.07, 6.45) is 1.73. The molecule has 1 aromatic carbocycles. The molecule has 0 unspecified atom stereocenters. The van der Waals surface area contributed by atoms with E-state index in [1.165, 1.54) is 27.8 Å². The van der Waals surface area contributed by atoms with Crippen LogP contribution in [0, 0.1) is 5.82 Å². The summed E-state index contributed by atoms with van der Waals surface area (Å²) in [5.41, 5.74) is 1.73. The van der Waals surface area contributed by atoms with E-state index in [1.807, 2.05) is 11.0 Å². The lowest BCUT2D eigenvalue weighted by Gasteiger charge is -2.36. The topological polar surface area (TPSA) is 66.3 Å². The highest BCUT2D eigenvalue weighted by Gasteiger charge is 2.27. The summed E-state index contributed by atoms with van der Waals surface area (Å²) < 4.78 is 42.3. The number of aromatic nitrogens is 3. The van der Waals surface area contributed by atoms with Crippen molar-refractivity contribution in [3.05, 3.63) is 42.5 Å². The average molecular weight is 416 g/mol. The Morgan fingerprint density at radius 2 is 1.97 bits per heavy atom. The van der Waals surface area contributed by atoms with Crippen molar-refractivity contribution in [3.8, 4) is 5.69 Å². The van der Waals surface area contributed by atoms with Crippen molar-refractivity contribution in [1.82, 2.24) is 19.7 Å². The Bertz CT molecular complexity index is 1110. The van der Waals surface area contributed by atoms with Gasteiger partial charge in [-0.2, -0.15) is 0 Å². The number of hydrogen-bond donors (Lipinski definition) is 1. The lowest BCUT2D eigenvalue weighted by molar-refractivity contribution is 0.218. The van der Waals surface area contributed by atoms with Crippen LogP contribution in [0.3, 0.4) is 0 Å². The van der Waals surface area contributed by atoms with Crippen LogP contribution in [0.5, 0.6) is 0 Å². The van der Waals surface area contributed by atoms with E-state index in [1.54, 1.807) is 12.4 Å². The smallest absolute Gasteiger partial charge is 0.321 e. The lowest BCUT2D eigenvalue weighted by atomic mass is 10.1. The Hall–Kier alpha value is -3.30. The summed E-state index contributed by atoms with van der Waals surface area (Å²) in [5.74, 6) is -0.519. The van der Waals surface area contributed by atoms with E-state index in [-0.39, 0.29) is 12.2 Å². The maximum absolute atomic E-state index is 14.5. The lowest BCUT2D eigenvalue weighted by Crippen LogP contribution is -2.48. The molecule has 0 spiro atoms. The van der Waals surface area contributed by atoms with E-state index in [0.717, 1.165) is 5.69 Å². The largest absolute Gasteiger partial charge is 0.364 e. The number of pyridine rings is 1. The maximum Gasteiger partial charge on any atom is 0.321 e. The number of carbonyl (C=O) groups is 1. The number of fused-ring (bicyclic) bond motifs is 1. The van der Waals surface area contributed by atoms with E-state index in [9.17, 15) is 18.0 Å². The first-order valence-corrected chi connectivity index (χ1v) is 9.70. The molecule has 7 nitrogen and oxygen atoms in total. The van der Waals surface area contributed by atoms with Gasteiger partial charge < -0.3 is 15.1 Å². The number of nitrogens with one attached hydrogen (secondary N) is 1. The standard InChI is InChI=1S/C20H19F3N6O/c21-13-3-4-27(9-13)20(30)25-15-1-2-17(23)18(6-15)29-8-12-5-16(7-24-19(12)26-29)28-10-14(22)11-28/h1-2,5-8,13-14H,3-4,9-11H2,(H,25,30)/t13-/m1/s1. The molecule has 5 rings (SSSR count). The van der Waals surface area contributed by atoms with Gasteiger partial charge in [0.2, 0.25) is 0 Å². The van der Waals surface area contributed by atoms with Gasteiger partial charge in [0.05, 0.1) is 31.5 Å². The molecule has 4 heterocycles. The van der Waals surface area contributed by atoms with Gasteiger partial charge in [0.25, 0.3) is 0 Å². The van der Waals surface area contributed by atoms with Crippen LogP contribution < -0.4 is 10.2 Å². The molecule has 10 heteroatoms. The van der Waals surface area contributed by atoms with Crippen LogP contribution in [-0.4, -0.2) is 64.2 Å². The molecule has 1 atom stereocenters. The van der Waals surface area contributed by atoms with Crippen LogP contribution in [0.25, 0.3) is 16.7 Å². The molecule has 0 bridgehead atoms. The minimum Gasteiger partial charge on any atom is -0.364 e. The Labute approximate surface area is 170 Å². The fourth-order valence-corrected chi connectivity index (χ4v) is 3.71. The van der Waals surface area contributed by atoms with Crippen LogP contribution in [0.1, 0.15) is 6.42 Å². The second-order valence-electron chi connectivity index (χ2n) is 7.61. The number of benzene rings is 1. The number of hydrogen-bond acceptors (Lipinski definition) is 4. The van der Waals surface area contributed by atoms with Crippen molar-refractivity contribution in [2.45, 2.75) is 18.8 Å². The second kappa shape index (κ2) is 7.19. The molecule has 2 amide bonds. The van der Waals surface area contributed by atoms with Crippen LogP contribution >= 0.6 is 0 Å². The molecular weight excluding hydrogens is 397 g/mol. The monoisotopic (exact) mass is 416 g/mol. The third kappa shape index (κ3) is 3.42. The van der Waals surface area contributed by atoms with E-state index in [4.69, 9.17) is 0 Å². The van der Waals surface area contributed by atoms with Gasteiger partial charge in [-0.15, -0.1) is 5.10 Å².